The minimum absolute atomic E-state index is 0.681. The first-order valence-corrected chi connectivity index (χ1v) is 2.40. The molecule has 0 atom stereocenters. The van der Waals surface area contributed by atoms with Crippen molar-refractivity contribution in [2.75, 3.05) is 6.54 Å². The van der Waals surface area contributed by atoms with Crippen molar-refractivity contribution >= 4 is 12.7 Å². The minimum Gasteiger partial charge on any atom is -0.359 e. The Balaban J connectivity index is 0. The Kier molecular flexibility index (Phi) is 21.0. The summed E-state index contributed by atoms with van der Waals surface area (Å²) in [6.45, 7) is 4.04. The lowest BCUT2D eigenvalue weighted by molar-refractivity contribution is -0.109. The van der Waals surface area contributed by atoms with Gasteiger partial charge >= 0.3 is 0 Å². The van der Waals surface area contributed by atoms with Crippen LogP contribution in [0.3, 0.4) is 0 Å². The molecule has 0 aromatic heterocycles. The second kappa shape index (κ2) is 16.5. The van der Waals surface area contributed by atoms with Gasteiger partial charge in [-0.15, -0.1) is 0 Å². The average molecular weight is 117 g/mol. The van der Waals surface area contributed by atoms with Gasteiger partial charge in [0.15, 0.2) is 0 Å². The molecule has 0 heterocycles. The molecular weight excluding hydrogens is 106 g/mol. The summed E-state index contributed by atoms with van der Waals surface area (Å²) in [5.74, 6) is 0. The average Bonchev–Trinajstić information content (AvgIpc) is 1.71. The summed E-state index contributed by atoms with van der Waals surface area (Å²) in [4.78, 5) is 18.1. The second-order valence-corrected chi connectivity index (χ2v) is 0.911. The Labute approximate surface area is 49.1 Å². The maximum absolute atomic E-state index is 9.29. The largest absolute Gasteiger partial charge is 0.359 e. The van der Waals surface area contributed by atoms with Crippen LogP contribution < -0.4 is 5.32 Å². The van der Waals surface area contributed by atoms with Crippen molar-refractivity contribution in [3.8, 4) is 0 Å². The maximum Gasteiger partial charge on any atom is 0.207 e. The summed E-state index contributed by atoms with van der Waals surface area (Å²) in [5, 5.41) is 2.43. The molecule has 1 amide bonds. The first-order chi connectivity index (χ1) is 3.83. The molecule has 0 radical (unpaired) electrons. The van der Waals surface area contributed by atoms with Crippen molar-refractivity contribution in [1.29, 1.82) is 0 Å². The van der Waals surface area contributed by atoms with Crippen LogP contribution in [-0.4, -0.2) is 19.2 Å². The van der Waals surface area contributed by atoms with Gasteiger partial charge in [0.25, 0.3) is 0 Å². The van der Waals surface area contributed by atoms with Crippen LogP contribution in [0.15, 0.2) is 0 Å². The first kappa shape index (κ1) is 10.2. The number of carbonyl (C=O) groups excluding carboxylic acids is 2. The Morgan fingerprint density at radius 1 is 1.50 bits per heavy atom. The summed E-state index contributed by atoms with van der Waals surface area (Å²) < 4.78 is 0. The lowest BCUT2D eigenvalue weighted by Gasteiger charge is -1.78. The Hall–Kier alpha value is -0.860. The summed E-state index contributed by atoms with van der Waals surface area (Å²) in [7, 11) is 0. The Morgan fingerprint density at radius 2 is 1.88 bits per heavy atom. The van der Waals surface area contributed by atoms with Crippen LogP contribution in [0.4, 0.5) is 0 Å². The third kappa shape index (κ3) is 67.8. The molecule has 3 nitrogen and oxygen atoms in total. The number of rotatable bonds is 2. The highest BCUT2D eigenvalue weighted by Gasteiger charge is 1.59. The quantitative estimate of drug-likeness (QED) is 0.516. The fourth-order valence-corrected chi connectivity index (χ4v) is 0.0833. The Morgan fingerprint density at radius 3 is 1.88 bits per heavy atom. The Bertz CT molecular complexity index is 54.4. The van der Waals surface area contributed by atoms with Crippen molar-refractivity contribution in [2.45, 2.75) is 13.8 Å². The lowest BCUT2D eigenvalue weighted by Crippen LogP contribution is -2.07. The van der Waals surface area contributed by atoms with E-state index in [0.717, 1.165) is 12.8 Å². The van der Waals surface area contributed by atoms with Crippen LogP contribution in [0, 0.1) is 0 Å². The second-order valence-electron chi connectivity index (χ2n) is 0.911. The van der Waals surface area contributed by atoms with Gasteiger partial charge < -0.3 is 10.1 Å². The third-order valence-electron chi connectivity index (χ3n) is 0.287. The molecule has 48 valence electrons. The lowest BCUT2D eigenvalue weighted by atomic mass is 10.8. The molecule has 0 fully saturated rings. The van der Waals surface area contributed by atoms with E-state index in [9.17, 15) is 4.79 Å². The zero-order valence-electron chi connectivity index (χ0n) is 5.18. The van der Waals surface area contributed by atoms with Crippen molar-refractivity contribution < 1.29 is 9.59 Å². The van der Waals surface area contributed by atoms with E-state index >= 15 is 0 Å². The maximum atomic E-state index is 9.29. The zero-order chi connectivity index (χ0) is 6.83. The number of hydrogen-bond acceptors (Lipinski definition) is 2. The van der Waals surface area contributed by atoms with E-state index in [0.29, 0.717) is 6.41 Å². The van der Waals surface area contributed by atoms with E-state index in [-0.39, 0.29) is 0 Å². The summed E-state index contributed by atoms with van der Waals surface area (Å²) in [6.07, 6.45) is 1.43. The number of carbonyl (C=O) groups is 2. The molecule has 0 aliphatic heterocycles. The molecule has 0 rings (SSSR count). The van der Waals surface area contributed by atoms with Gasteiger partial charge in [-0.1, -0.05) is 0 Å². The molecule has 0 aromatic carbocycles. The molecule has 0 saturated carbocycles. The van der Waals surface area contributed by atoms with E-state index in [1.54, 1.807) is 0 Å². The molecule has 0 unspecified atom stereocenters. The van der Waals surface area contributed by atoms with Gasteiger partial charge in [0, 0.05) is 6.54 Å². The standard InChI is InChI=1S/C3H7NO.C2H4O/c1-2-4-3-5;1-2-3/h3H,2H2,1H3,(H,4,5);2H,1H3. The van der Waals surface area contributed by atoms with Crippen LogP contribution >= 0.6 is 0 Å². The highest BCUT2D eigenvalue weighted by atomic mass is 16.1. The van der Waals surface area contributed by atoms with Crippen LogP contribution in [0.25, 0.3) is 0 Å². The van der Waals surface area contributed by atoms with Crippen molar-refractivity contribution in [3.05, 3.63) is 0 Å². The van der Waals surface area contributed by atoms with Gasteiger partial charge in [-0.05, 0) is 13.8 Å². The molecule has 0 aliphatic rings. The molecule has 0 bridgehead atoms. The number of aldehydes is 1. The van der Waals surface area contributed by atoms with Gasteiger partial charge in [0.1, 0.15) is 6.29 Å². The highest BCUT2D eigenvalue weighted by molar-refractivity contribution is 5.45. The highest BCUT2D eigenvalue weighted by Crippen LogP contribution is 1.37. The summed E-state index contributed by atoms with van der Waals surface area (Å²) >= 11 is 0. The number of amides is 1. The molecule has 1 N–H and O–H groups in total. The minimum atomic E-state index is 0.681. The van der Waals surface area contributed by atoms with Crippen molar-refractivity contribution in [3.63, 3.8) is 0 Å². The van der Waals surface area contributed by atoms with E-state index in [4.69, 9.17) is 4.79 Å². The SMILES string of the molecule is CC=O.CCNC=O. The van der Waals surface area contributed by atoms with E-state index in [2.05, 4.69) is 5.32 Å². The molecular formula is C5H11NO2. The van der Waals surface area contributed by atoms with E-state index in [1.807, 2.05) is 6.92 Å². The summed E-state index contributed by atoms with van der Waals surface area (Å²) in [6, 6.07) is 0. The fourth-order valence-electron chi connectivity index (χ4n) is 0.0833. The van der Waals surface area contributed by atoms with Crippen LogP contribution in [0.5, 0.6) is 0 Å². The number of nitrogens with one attached hydrogen (secondary N) is 1. The molecule has 8 heavy (non-hydrogen) atoms. The van der Waals surface area contributed by atoms with Gasteiger partial charge in [0.05, 0.1) is 0 Å². The predicted octanol–water partition coefficient (Wildman–Crippen LogP) is -0.0425. The van der Waals surface area contributed by atoms with Gasteiger partial charge in [-0.25, -0.2) is 0 Å². The van der Waals surface area contributed by atoms with Gasteiger partial charge in [0.2, 0.25) is 6.41 Å². The molecule has 0 saturated heterocycles. The smallest absolute Gasteiger partial charge is 0.207 e. The van der Waals surface area contributed by atoms with E-state index in [1.165, 1.54) is 6.92 Å². The van der Waals surface area contributed by atoms with Crippen LogP contribution in [-0.2, 0) is 9.59 Å². The van der Waals surface area contributed by atoms with Gasteiger partial charge in [-0.2, -0.15) is 0 Å². The van der Waals surface area contributed by atoms with Crippen LogP contribution in [0.2, 0.25) is 0 Å². The number of hydrogen-bond donors (Lipinski definition) is 1. The zero-order valence-corrected chi connectivity index (χ0v) is 5.18. The third-order valence-corrected chi connectivity index (χ3v) is 0.287. The fraction of sp³-hybridized carbons (Fsp3) is 0.600. The molecule has 0 aliphatic carbocycles. The monoisotopic (exact) mass is 117 g/mol. The molecule has 0 spiro atoms. The normalized spacial score (nSPS) is 5.75. The first-order valence-electron chi connectivity index (χ1n) is 2.40. The van der Waals surface area contributed by atoms with Crippen molar-refractivity contribution in [1.82, 2.24) is 5.32 Å². The topological polar surface area (TPSA) is 46.2 Å². The predicted molar refractivity (Wildman–Crippen MR) is 31.5 cm³/mol. The van der Waals surface area contributed by atoms with E-state index < -0.39 is 0 Å². The van der Waals surface area contributed by atoms with Gasteiger partial charge in [-0.3, -0.25) is 4.79 Å². The van der Waals surface area contributed by atoms with Crippen molar-refractivity contribution in [2.24, 2.45) is 0 Å². The molecule has 0 aromatic rings. The van der Waals surface area contributed by atoms with Crippen LogP contribution in [0.1, 0.15) is 13.8 Å². The molecule has 3 heteroatoms. The summed E-state index contributed by atoms with van der Waals surface area (Å²) in [5.41, 5.74) is 0.